The normalized spacial score (nSPS) is 10.7. The van der Waals surface area contributed by atoms with Gasteiger partial charge in [-0.1, -0.05) is 42.5 Å². The molecule has 0 spiro atoms. The van der Waals surface area contributed by atoms with Gasteiger partial charge in [-0.15, -0.1) is 0 Å². The second kappa shape index (κ2) is 9.90. The zero-order valence-electron chi connectivity index (χ0n) is 18.0. The molecule has 0 bridgehead atoms. The summed E-state index contributed by atoms with van der Waals surface area (Å²) >= 11 is 0. The third-order valence-corrected chi connectivity index (χ3v) is 4.99. The quantitative estimate of drug-likeness (QED) is 0.432. The number of nitrogens with one attached hydrogen (secondary N) is 2. The summed E-state index contributed by atoms with van der Waals surface area (Å²) < 4.78 is 16.4. The predicted octanol–water partition coefficient (Wildman–Crippen LogP) is 3.63. The van der Waals surface area contributed by atoms with Crippen molar-refractivity contribution in [3.8, 4) is 0 Å². The molecule has 8 nitrogen and oxygen atoms in total. The monoisotopic (exact) mass is 446 g/mol. The molecule has 9 heteroatoms. The van der Waals surface area contributed by atoms with Gasteiger partial charge in [0.25, 0.3) is 5.91 Å². The van der Waals surface area contributed by atoms with E-state index in [0.29, 0.717) is 30.9 Å². The van der Waals surface area contributed by atoms with E-state index in [2.05, 4.69) is 20.8 Å². The number of nitrogens with zero attached hydrogens (tertiary/aromatic N) is 4. The van der Waals surface area contributed by atoms with E-state index >= 15 is 0 Å². The van der Waals surface area contributed by atoms with E-state index in [-0.39, 0.29) is 17.4 Å². The fourth-order valence-corrected chi connectivity index (χ4v) is 3.34. The number of aromatic nitrogens is 4. The first-order chi connectivity index (χ1) is 16.0. The van der Waals surface area contributed by atoms with E-state index in [1.165, 1.54) is 29.1 Å². The van der Waals surface area contributed by atoms with Gasteiger partial charge in [0.05, 0.1) is 18.4 Å². The van der Waals surface area contributed by atoms with Crippen molar-refractivity contribution in [2.45, 2.75) is 19.4 Å². The number of carbonyl (C=O) groups excluding carboxylic acids is 2. The summed E-state index contributed by atoms with van der Waals surface area (Å²) in [7, 11) is 1.65. The first-order valence-electron chi connectivity index (χ1n) is 10.4. The van der Waals surface area contributed by atoms with E-state index < -0.39 is 5.91 Å². The van der Waals surface area contributed by atoms with Gasteiger partial charge in [0.1, 0.15) is 11.6 Å². The number of rotatable bonds is 8. The van der Waals surface area contributed by atoms with Crippen LogP contribution in [-0.4, -0.2) is 31.4 Å². The van der Waals surface area contributed by atoms with Crippen LogP contribution in [0.3, 0.4) is 0 Å². The lowest BCUT2D eigenvalue weighted by atomic mass is 10.1. The number of benzene rings is 2. The summed E-state index contributed by atoms with van der Waals surface area (Å²) in [5.74, 6) is -0.473. The summed E-state index contributed by atoms with van der Waals surface area (Å²) in [5, 5.41) is 13.9. The molecule has 2 aromatic carbocycles. The zero-order chi connectivity index (χ0) is 23.2. The highest BCUT2D eigenvalue weighted by Gasteiger charge is 2.15. The molecule has 0 radical (unpaired) electrons. The van der Waals surface area contributed by atoms with Crippen LogP contribution in [0.25, 0.3) is 0 Å². The van der Waals surface area contributed by atoms with Crippen LogP contribution in [0.5, 0.6) is 0 Å². The lowest BCUT2D eigenvalue weighted by molar-refractivity contribution is -0.116. The average Bonchev–Trinajstić information content (AvgIpc) is 3.39. The third kappa shape index (κ3) is 5.91. The molecule has 0 aliphatic heterocycles. The molecular weight excluding hydrogens is 423 g/mol. The lowest BCUT2D eigenvalue weighted by Crippen LogP contribution is -2.14. The Morgan fingerprint density at radius 3 is 2.58 bits per heavy atom. The van der Waals surface area contributed by atoms with Crippen molar-refractivity contribution in [2.75, 3.05) is 10.6 Å². The minimum Gasteiger partial charge on any atom is -0.318 e. The maximum Gasteiger partial charge on any atom is 0.276 e. The van der Waals surface area contributed by atoms with Gasteiger partial charge < -0.3 is 10.6 Å². The van der Waals surface area contributed by atoms with E-state index in [0.717, 1.165) is 11.1 Å². The third-order valence-electron chi connectivity index (χ3n) is 4.99. The van der Waals surface area contributed by atoms with Gasteiger partial charge >= 0.3 is 0 Å². The molecule has 168 valence electrons. The Kier molecular flexibility index (Phi) is 6.58. The summed E-state index contributed by atoms with van der Waals surface area (Å²) in [5.41, 5.74) is 2.48. The topological polar surface area (TPSA) is 93.8 Å². The molecule has 0 aliphatic rings. The van der Waals surface area contributed by atoms with Crippen molar-refractivity contribution in [1.82, 2.24) is 19.6 Å². The van der Waals surface area contributed by atoms with Gasteiger partial charge in [0.2, 0.25) is 5.91 Å². The second-order valence-electron chi connectivity index (χ2n) is 7.58. The average molecular weight is 446 g/mol. The summed E-state index contributed by atoms with van der Waals surface area (Å²) in [6, 6.07) is 17.5. The molecule has 2 aromatic heterocycles. The van der Waals surface area contributed by atoms with Gasteiger partial charge in [-0.2, -0.15) is 10.2 Å². The van der Waals surface area contributed by atoms with E-state index in [4.69, 9.17) is 0 Å². The summed E-state index contributed by atoms with van der Waals surface area (Å²) in [6.07, 6.45) is 4.10. The Balaban J connectivity index is 1.33. The summed E-state index contributed by atoms with van der Waals surface area (Å²) in [4.78, 5) is 24.9. The summed E-state index contributed by atoms with van der Waals surface area (Å²) in [6.45, 7) is 0.371. The van der Waals surface area contributed by atoms with Crippen LogP contribution in [0.2, 0.25) is 0 Å². The molecule has 0 atom stereocenters. The predicted molar refractivity (Wildman–Crippen MR) is 122 cm³/mol. The Morgan fingerprint density at radius 2 is 1.79 bits per heavy atom. The van der Waals surface area contributed by atoms with Crippen molar-refractivity contribution >= 4 is 23.3 Å². The lowest BCUT2D eigenvalue weighted by Gasteiger charge is -2.05. The Hall–Kier alpha value is -4.27. The molecule has 4 rings (SSSR count). The van der Waals surface area contributed by atoms with Crippen LogP contribution >= 0.6 is 0 Å². The largest absolute Gasteiger partial charge is 0.318 e. The molecule has 0 aliphatic carbocycles. The number of hydrogen-bond donors (Lipinski definition) is 2. The van der Waals surface area contributed by atoms with Crippen molar-refractivity contribution in [3.63, 3.8) is 0 Å². The van der Waals surface area contributed by atoms with Crippen LogP contribution in [-0.2, 0) is 24.8 Å². The molecular formula is C24H23FN6O2. The molecule has 0 saturated heterocycles. The van der Waals surface area contributed by atoms with Gasteiger partial charge in [-0.05, 0) is 29.7 Å². The zero-order valence-corrected chi connectivity index (χ0v) is 18.0. The molecule has 0 fully saturated rings. The minimum absolute atomic E-state index is 0.160. The number of anilines is 2. The van der Waals surface area contributed by atoms with Crippen molar-refractivity contribution in [1.29, 1.82) is 0 Å². The Bertz CT molecular complexity index is 1260. The van der Waals surface area contributed by atoms with Crippen LogP contribution in [0, 0.1) is 5.82 Å². The molecule has 33 heavy (non-hydrogen) atoms. The van der Waals surface area contributed by atoms with Crippen molar-refractivity contribution < 1.29 is 14.0 Å². The van der Waals surface area contributed by atoms with Crippen LogP contribution in [0.1, 0.15) is 28.0 Å². The number of amides is 2. The molecule has 2 N–H and O–H groups in total. The molecule has 0 saturated carbocycles. The van der Waals surface area contributed by atoms with Gasteiger partial charge in [-0.3, -0.25) is 19.0 Å². The standard InChI is InChI=1S/C24H23FN6O2/c1-30-22(28-23(32)11-10-17-6-3-2-4-7-17)13-21(29-30)24(33)27-20-14-26-31(16-20)15-18-8-5-9-19(25)12-18/h2-9,12-14,16H,10-11,15H2,1H3,(H,27,33)(H,28,32). The van der Waals surface area contributed by atoms with Gasteiger partial charge in [-0.25, -0.2) is 4.39 Å². The Morgan fingerprint density at radius 1 is 1.00 bits per heavy atom. The van der Waals surface area contributed by atoms with Crippen LogP contribution in [0.15, 0.2) is 73.1 Å². The SMILES string of the molecule is Cn1nc(C(=O)Nc2cnn(Cc3cccc(F)c3)c2)cc1NC(=O)CCc1ccccc1. The highest BCUT2D eigenvalue weighted by molar-refractivity contribution is 6.03. The first-order valence-corrected chi connectivity index (χ1v) is 10.4. The fraction of sp³-hybridized carbons (Fsp3) is 0.167. The maximum atomic E-state index is 13.3. The Labute approximate surface area is 190 Å². The second-order valence-corrected chi connectivity index (χ2v) is 7.58. The highest BCUT2D eigenvalue weighted by Crippen LogP contribution is 2.14. The number of carbonyl (C=O) groups is 2. The number of hydrogen-bond acceptors (Lipinski definition) is 4. The van der Waals surface area contributed by atoms with Crippen molar-refractivity contribution in [3.05, 3.63) is 95.7 Å². The van der Waals surface area contributed by atoms with E-state index in [1.807, 2.05) is 30.3 Å². The van der Waals surface area contributed by atoms with E-state index in [9.17, 15) is 14.0 Å². The molecule has 2 amide bonds. The van der Waals surface area contributed by atoms with Crippen LogP contribution < -0.4 is 10.6 Å². The molecule has 0 unspecified atom stereocenters. The highest BCUT2D eigenvalue weighted by atomic mass is 19.1. The van der Waals surface area contributed by atoms with Crippen LogP contribution in [0.4, 0.5) is 15.9 Å². The molecule has 2 heterocycles. The van der Waals surface area contributed by atoms with E-state index in [1.54, 1.807) is 30.1 Å². The smallest absolute Gasteiger partial charge is 0.276 e. The molecule has 4 aromatic rings. The van der Waals surface area contributed by atoms with Gasteiger partial charge in [0, 0.05) is 25.7 Å². The first kappa shape index (κ1) is 21.9. The number of halogens is 1. The maximum absolute atomic E-state index is 13.3. The van der Waals surface area contributed by atoms with Crippen molar-refractivity contribution in [2.24, 2.45) is 7.05 Å². The number of aryl methyl sites for hydroxylation is 2. The minimum atomic E-state index is -0.430. The fourth-order valence-electron chi connectivity index (χ4n) is 3.34. The van der Waals surface area contributed by atoms with Gasteiger partial charge in [0.15, 0.2) is 5.69 Å².